The summed E-state index contributed by atoms with van der Waals surface area (Å²) in [5.74, 6) is 0.943. The summed E-state index contributed by atoms with van der Waals surface area (Å²) in [6, 6.07) is 0. The largest absolute Gasteiger partial charge is 0.393 e. The second-order valence-corrected chi connectivity index (χ2v) is 8.71. The lowest BCUT2D eigenvalue weighted by Gasteiger charge is -2.59. The molecule has 3 fully saturated rings. The quantitative estimate of drug-likeness (QED) is 0.676. The van der Waals surface area contributed by atoms with E-state index >= 15 is 0 Å². The highest BCUT2D eigenvalue weighted by atomic mass is 16.3. The van der Waals surface area contributed by atoms with E-state index in [1.165, 1.54) is 5.57 Å². The number of fused-ring (bicyclic) bond motifs is 5. The van der Waals surface area contributed by atoms with Crippen molar-refractivity contribution in [3.05, 3.63) is 11.6 Å². The summed E-state index contributed by atoms with van der Waals surface area (Å²) in [7, 11) is 0. The molecule has 0 bridgehead atoms. The Bertz CT molecular complexity index is 553. The van der Waals surface area contributed by atoms with Crippen molar-refractivity contribution in [3.63, 3.8) is 0 Å². The van der Waals surface area contributed by atoms with Crippen LogP contribution in [0.4, 0.5) is 0 Å². The van der Waals surface area contributed by atoms with Crippen LogP contribution in [0.3, 0.4) is 0 Å². The van der Waals surface area contributed by atoms with Crippen LogP contribution in [0, 0.1) is 22.7 Å². The van der Waals surface area contributed by atoms with Crippen LogP contribution in [-0.2, 0) is 4.79 Å². The summed E-state index contributed by atoms with van der Waals surface area (Å²) < 4.78 is 0. The molecule has 0 aromatic carbocycles. The molecule has 3 heteroatoms. The normalized spacial score (nSPS) is 54.3. The van der Waals surface area contributed by atoms with E-state index in [2.05, 4.69) is 13.0 Å². The zero-order valence-electron chi connectivity index (χ0n) is 13.8. The Kier molecular flexibility index (Phi) is 3.01. The smallest absolute Gasteiger partial charge is 0.141 e. The fourth-order valence-electron chi connectivity index (χ4n) is 6.37. The Balaban J connectivity index is 1.75. The Labute approximate surface area is 132 Å². The Morgan fingerprint density at radius 2 is 1.91 bits per heavy atom. The predicted octanol–water partition coefficient (Wildman–Crippen LogP) is 2.99. The number of allylic oxidation sites excluding steroid dienone is 1. The van der Waals surface area contributed by atoms with Gasteiger partial charge in [0.25, 0.3) is 0 Å². The van der Waals surface area contributed by atoms with Crippen molar-refractivity contribution in [1.29, 1.82) is 0 Å². The number of ketones is 1. The van der Waals surface area contributed by atoms with Crippen LogP contribution in [-0.4, -0.2) is 27.7 Å². The van der Waals surface area contributed by atoms with Gasteiger partial charge in [0.05, 0.1) is 17.1 Å². The van der Waals surface area contributed by atoms with E-state index < -0.39 is 11.0 Å². The van der Waals surface area contributed by atoms with E-state index in [1.807, 2.05) is 6.92 Å². The summed E-state index contributed by atoms with van der Waals surface area (Å²) in [5.41, 5.74) is 0.187. The van der Waals surface area contributed by atoms with E-state index in [1.54, 1.807) is 0 Å². The molecule has 22 heavy (non-hydrogen) atoms. The highest BCUT2D eigenvalue weighted by Gasteiger charge is 2.66. The van der Waals surface area contributed by atoms with Gasteiger partial charge in [-0.3, -0.25) is 4.79 Å². The van der Waals surface area contributed by atoms with Crippen molar-refractivity contribution >= 4 is 5.78 Å². The van der Waals surface area contributed by atoms with Crippen LogP contribution in [0.5, 0.6) is 0 Å². The SMILES string of the molecule is C[C@]12CCC(O)CC1=CC[C@@H]1[C@H]2CC[C@]2(C)C(=O)CC[C@@]12O. The number of Topliss-reactive ketones (excluding diaryl/α,β-unsaturated/α-hetero) is 1. The van der Waals surface area contributed by atoms with Crippen molar-refractivity contribution in [2.75, 3.05) is 0 Å². The third-order valence-electron chi connectivity index (χ3n) is 7.98. The molecule has 0 aromatic rings. The van der Waals surface area contributed by atoms with Crippen LogP contribution in [0.1, 0.15) is 65.2 Å². The zero-order valence-corrected chi connectivity index (χ0v) is 13.8. The highest BCUT2D eigenvalue weighted by Crippen LogP contribution is 2.65. The Morgan fingerprint density at radius 1 is 1.14 bits per heavy atom. The molecule has 0 aromatic heterocycles. The molecule has 0 saturated heterocycles. The molecule has 0 radical (unpaired) electrons. The van der Waals surface area contributed by atoms with Crippen molar-refractivity contribution in [1.82, 2.24) is 0 Å². The van der Waals surface area contributed by atoms with Crippen LogP contribution < -0.4 is 0 Å². The summed E-state index contributed by atoms with van der Waals surface area (Å²) >= 11 is 0. The minimum atomic E-state index is -0.811. The molecule has 4 aliphatic rings. The molecule has 1 unspecified atom stereocenters. The average molecular weight is 304 g/mol. The van der Waals surface area contributed by atoms with E-state index in [9.17, 15) is 15.0 Å². The van der Waals surface area contributed by atoms with E-state index in [4.69, 9.17) is 0 Å². The number of hydrogen-bond acceptors (Lipinski definition) is 3. The molecule has 4 rings (SSSR count). The summed E-state index contributed by atoms with van der Waals surface area (Å²) in [4.78, 5) is 12.4. The molecule has 3 saturated carbocycles. The lowest BCUT2D eigenvalue weighted by atomic mass is 9.46. The number of aliphatic hydroxyl groups is 2. The van der Waals surface area contributed by atoms with E-state index in [0.29, 0.717) is 18.8 Å². The number of carbonyl (C=O) groups is 1. The molecule has 0 aliphatic heterocycles. The molecule has 6 atom stereocenters. The lowest BCUT2D eigenvalue weighted by Crippen LogP contribution is -2.60. The predicted molar refractivity (Wildman–Crippen MR) is 84.2 cm³/mol. The van der Waals surface area contributed by atoms with Crippen LogP contribution in [0.15, 0.2) is 11.6 Å². The van der Waals surface area contributed by atoms with Gasteiger partial charge in [0.15, 0.2) is 0 Å². The maximum Gasteiger partial charge on any atom is 0.141 e. The topological polar surface area (TPSA) is 57.5 Å². The van der Waals surface area contributed by atoms with Gasteiger partial charge in [-0.25, -0.2) is 0 Å². The van der Waals surface area contributed by atoms with Gasteiger partial charge in [0, 0.05) is 6.42 Å². The Hall–Kier alpha value is -0.670. The number of carbonyl (C=O) groups excluding carboxylic acids is 1. The molecule has 0 amide bonds. The van der Waals surface area contributed by atoms with Gasteiger partial charge >= 0.3 is 0 Å². The monoisotopic (exact) mass is 304 g/mol. The van der Waals surface area contributed by atoms with Gasteiger partial charge in [-0.05, 0) is 69.1 Å². The second kappa shape index (κ2) is 4.45. The zero-order chi connectivity index (χ0) is 15.8. The minimum Gasteiger partial charge on any atom is -0.393 e. The first-order valence-corrected chi connectivity index (χ1v) is 8.94. The van der Waals surface area contributed by atoms with Gasteiger partial charge in [-0.15, -0.1) is 0 Å². The van der Waals surface area contributed by atoms with E-state index in [-0.39, 0.29) is 23.2 Å². The van der Waals surface area contributed by atoms with Crippen LogP contribution in [0.2, 0.25) is 0 Å². The number of hydrogen-bond donors (Lipinski definition) is 2. The molecule has 4 aliphatic carbocycles. The third kappa shape index (κ3) is 1.62. The third-order valence-corrected chi connectivity index (χ3v) is 7.98. The summed E-state index contributed by atoms with van der Waals surface area (Å²) in [5, 5.41) is 21.5. The summed E-state index contributed by atoms with van der Waals surface area (Å²) in [6.45, 7) is 4.34. The van der Waals surface area contributed by atoms with Gasteiger partial charge in [0.1, 0.15) is 5.78 Å². The van der Waals surface area contributed by atoms with Gasteiger partial charge < -0.3 is 10.2 Å². The van der Waals surface area contributed by atoms with E-state index in [0.717, 1.165) is 38.5 Å². The first kappa shape index (κ1) is 14.9. The van der Waals surface area contributed by atoms with Crippen molar-refractivity contribution < 1.29 is 15.0 Å². The maximum absolute atomic E-state index is 12.4. The first-order valence-electron chi connectivity index (χ1n) is 8.94. The molecule has 0 heterocycles. The number of aliphatic hydroxyl groups excluding tert-OH is 1. The maximum atomic E-state index is 12.4. The fraction of sp³-hybridized carbons (Fsp3) is 0.842. The van der Waals surface area contributed by atoms with Gasteiger partial charge in [-0.2, -0.15) is 0 Å². The molecule has 2 N–H and O–H groups in total. The standard InChI is InChI=1S/C19H28O3/c1-17-8-5-13(20)11-12(17)3-4-15-14(17)6-9-18(2)16(21)7-10-19(15,18)22/h3,13-15,20,22H,4-11H2,1-2H3/t13?,14-,15-,17+,18-,19-/m1/s1. The van der Waals surface area contributed by atoms with Crippen molar-refractivity contribution in [2.45, 2.75) is 76.9 Å². The van der Waals surface area contributed by atoms with Crippen LogP contribution in [0.25, 0.3) is 0 Å². The molecular formula is C19H28O3. The average Bonchev–Trinajstić information content (AvgIpc) is 2.72. The minimum absolute atomic E-state index is 0.116. The molecular weight excluding hydrogens is 276 g/mol. The summed E-state index contributed by atoms with van der Waals surface area (Å²) in [6.07, 6.45) is 8.71. The van der Waals surface area contributed by atoms with Crippen molar-refractivity contribution in [3.8, 4) is 0 Å². The van der Waals surface area contributed by atoms with Crippen LogP contribution >= 0.6 is 0 Å². The molecule has 3 nitrogen and oxygen atoms in total. The van der Waals surface area contributed by atoms with Gasteiger partial charge in [0.2, 0.25) is 0 Å². The number of rotatable bonds is 0. The first-order chi connectivity index (χ1) is 10.3. The Morgan fingerprint density at radius 3 is 2.68 bits per heavy atom. The van der Waals surface area contributed by atoms with Crippen molar-refractivity contribution in [2.24, 2.45) is 22.7 Å². The molecule has 0 spiro atoms. The lowest BCUT2D eigenvalue weighted by molar-refractivity contribution is -0.175. The highest BCUT2D eigenvalue weighted by molar-refractivity contribution is 5.88. The van der Waals surface area contributed by atoms with Gasteiger partial charge in [-0.1, -0.05) is 18.6 Å². The molecule has 122 valence electrons. The second-order valence-electron chi connectivity index (χ2n) is 8.71. The fourth-order valence-corrected chi connectivity index (χ4v) is 6.37.